The molecule has 3 fully saturated rings. The number of piperidine rings is 1. The summed E-state index contributed by atoms with van der Waals surface area (Å²) in [6.45, 7) is 5.70. The van der Waals surface area contributed by atoms with Gasteiger partial charge in [0.15, 0.2) is 0 Å². The van der Waals surface area contributed by atoms with Gasteiger partial charge < -0.3 is 15.4 Å². The maximum absolute atomic E-state index is 12.5. The summed E-state index contributed by atoms with van der Waals surface area (Å²) in [4.78, 5) is 36.3. The van der Waals surface area contributed by atoms with Crippen molar-refractivity contribution in [1.29, 1.82) is 0 Å². The largest absolute Gasteiger partial charge is 0.464 e. The highest BCUT2D eigenvalue weighted by Gasteiger charge is 2.62. The normalized spacial score (nSPS) is 39.6. The molecule has 114 valence electrons. The molecule has 3 rings (SSSR count). The predicted octanol–water partition coefficient (Wildman–Crippen LogP) is 0.135. The van der Waals surface area contributed by atoms with Gasteiger partial charge in [0.2, 0.25) is 11.8 Å². The van der Waals surface area contributed by atoms with Crippen molar-refractivity contribution in [3.63, 3.8) is 0 Å². The Morgan fingerprint density at radius 1 is 1.52 bits per heavy atom. The number of rotatable bonds is 5. The topological polar surface area (TPSA) is 84.5 Å². The Kier molecular flexibility index (Phi) is 3.26. The number of amides is 2. The van der Waals surface area contributed by atoms with Crippen LogP contribution in [0, 0.1) is 17.8 Å². The summed E-state index contributed by atoms with van der Waals surface area (Å²) in [5.41, 5.74) is -0.965. The summed E-state index contributed by atoms with van der Waals surface area (Å²) in [6, 6.07) is 0.103. The minimum absolute atomic E-state index is 0.0485. The Morgan fingerprint density at radius 3 is 2.81 bits per heavy atom. The lowest BCUT2D eigenvalue weighted by Crippen LogP contribution is -2.50. The van der Waals surface area contributed by atoms with Crippen LogP contribution in [-0.4, -0.2) is 36.0 Å². The van der Waals surface area contributed by atoms with Gasteiger partial charge in [-0.1, -0.05) is 6.08 Å². The molecule has 5 unspecified atom stereocenters. The molecule has 0 aromatic heterocycles. The van der Waals surface area contributed by atoms with Crippen molar-refractivity contribution in [1.82, 2.24) is 10.6 Å². The van der Waals surface area contributed by atoms with Crippen LogP contribution in [0.3, 0.4) is 0 Å². The molecule has 21 heavy (non-hydrogen) atoms. The van der Waals surface area contributed by atoms with Crippen molar-refractivity contribution in [3.05, 3.63) is 12.7 Å². The van der Waals surface area contributed by atoms with Gasteiger partial charge in [0.05, 0.1) is 18.4 Å². The minimum Gasteiger partial charge on any atom is -0.464 e. The Hall–Kier alpha value is -1.85. The van der Waals surface area contributed by atoms with E-state index in [2.05, 4.69) is 17.2 Å². The quantitative estimate of drug-likeness (QED) is 0.557. The van der Waals surface area contributed by atoms with Gasteiger partial charge in [-0.25, -0.2) is 4.79 Å². The average molecular weight is 292 g/mol. The van der Waals surface area contributed by atoms with E-state index in [1.54, 1.807) is 13.0 Å². The van der Waals surface area contributed by atoms with Crippen LogP contribution in [0.4, 0.5) is 0 Å². The zero-order chi connectivity index (χ0) is 15.2. The van der Waals surface area contributed by atoms with E-state index >= 15 is 0 Å². The van der Waals surface area contributed by atoms with Crippen molar-refractivity contribution in [2.24, 2.45) is 17.8 Å². The summed E-state index contributed by atoms with van der Waals surface area (Å²) in [5.74, 6) is -1.34. The van der Waals surface area contributed by atoms with Gasteiger partial charge in [-0.15, -0.1) is 6.58 Å². The molecule has 6 nitrogen and oxygen atoms in total. The van der Waals surface area contributed by atoms with Crippen molar-refractivity contribution in [2.75, 3.05) is 6.61 Å². The number of fused-ring (bicyclic) bond motifs is 2. The molecule has 0 radical (unpaired) electrons. The third-order valence-electron chi connectivity index (χ3n) is 4.87. The van der Waals surface area contributed by atoms with Crippen LogP contribution in [0.25, 0.3) is 0 Å². The van der Waals surface area contributed by atoms with E-state index in [9.17, 15) is 14.4 Å². The van der Waals surface area contributed by atoms with E-state index in [1.807, 2.05) is 0 Å². The molecule has 0 aromatic rings. The van der Waals surface area contributed by atoms with Gasteiger partial charge in [0, 0.05) is 12.0 Å². The molecule has 2 amide bonds. The van der Waals surface area contributed by atoms with Gasteiger partial charge in [0.1, 0.15) is 5.54 Å². The molecule has 6 heteroatoms. The second-order valence-corrected chi connectivity index (χ2v) is 6.12. The number of carbonyl (C=O) groups is 3. The summed E-state index contributed by atoms with van der Waals surface area (Å²) in [5, 5.41) is 5.69. The SMILES string of the molecule is C=CC1CC1(NC(=O)C1CC2CC1C(=O)N2)C(=O)OCC. The lowest BCUT2D eigenvalue weighted by atomic mass is 9.93. The van der Waals surface area contributed by atoms with Crippen LogP contribution in [0.15, 0.2) is 12.7 Å². The molecule has 1 heterocycles. The van der Waals surface area contributed by atoms with Crippen molar-refractivity contribution < 1.29 is 19.1 Å². The third-order valence-corrected chi connectivity index (χ3v) is 4.87. The Labute approximate surface area is 123 Å². The Morgan fingerprint density at radius 2 is 2.29 bits per heavy atom. The van der Waals surface area contributed by atoms with Gasteiger partial charge in [-0.3, -0.25) is 9.59 Å². The number of esters is 1. The molecule has 2 saturated carbocycles. The predicted molar refractivity (Wildman–Crippen MR) is 74.0 cm³/mol. The van der Waals surface area contributed by atoms with Crippen LogP contribution in [-0.2, 0) is 19.1 Å². The molecule has 2 bridgehead atoms. The number of hydrogen-bond donors (Lipinski definition) is 2. The van der Waals surface area contributed by atoms with E-state index in [0.717, 1.165) is 0 Å². The highest BCUT2D eigenvalue weighted by atomic mass is 16.5. The molecule has 1 aliphatic heterocycles. The van der Waals surface area contributed by atoms with Crippen LogP contribution in [0.5, 0.6) is 0 Å². The summed E-state index contributed by atoms with van der Waals surface area (Å²) in [6.07, 6.45) is 3.56. The fourth-order valence-corrected chi connectivity index (χ4v) is 3.62. The summed E-state index contributed by atoms with van der Waals surface area (Å²) < 4.78 is 5.07. The molecule has 5 atom stereocenters. The van der Waals surface area contributed by atoms with Crippen molar-refractivity contribution in [2.45, 2.75) is 37.8 Å². The second-order valence-electron chi connectivity index (χ2n) is 6.12. The maximum atomic E-state index is 12.5. The highest BCUT2D eigenvalue weighted by molar-refractivity contribution is 5.96. The third kappa shape index (κ3) is 2.13. The van der Waals surface area contributed by atoms with Gasteiger partial charge in [0.25, 0.3) is 0 Å². The monoisotopic (exact) mass is 292 g/mol. The zero-order valence-corrected chi connectivity index (χ0v) is 12.1. The fraction of sp³-hybridized carbons (Fsp3) is 0.667. The Balaban J connectivity index is 1.70. The lowest BCUT2D eigenvalue weighted by molar-refractivity contribution is -0.150. The lowest BCUT2D eigenvalue weighted by Gasteiger charge is -2.24. The fourth-order valence-electron chi connectivity index (χ4n) is 3.62. The summed E-state index contributed by atoms with van der Waals surface area (Å²) >= 11 is 0. The van der Waals surface area contributed by atoms with Crippen molar-refractivity contribution >= 4 is 17.8 Å². The van der Waals surface area contributed by atoms with E-state index in [4.69, 9.17) is 4.74 Å². The molecule has 0 aromatic carbocycles. The number of ether oxygens (including phenoxy) is 1. The van der Waals surface area contributed by atoms with Crippen LogP contribution in [0.1, 0.15) is 26.2 Å². The molecular formula is C15H20N2O4. The van der Waals surface area contributed by atoms with E-state index in [1.165, 1.54) is 0 Å². The second kappa shape index (κ2) is 4.86. The number of carbonyl (C=O) groups excluding carboxylic acids is 3. The van der Waals surface area contributed by atoms with Crippen LogP contribution in [0.2, 0.25) is 0 Å². The molecule has 2 aliphatic carbocycles. The molecule has 1 saturated heterocycles. The zero-order valence-electron chi connectivity index (χ0n) is 12.1. The van der Waals surface area contributed by atoms with Crippen molar-refractivity contribution in [3.8, 4) is 0 Å². The average Bonchev–Trinajstić information content (AvgIpc) is 2.82. The standard InChI is InChI=1S/C15H20N2O4/c1-3-8-7-15(8,14(20)21-4-2)17-13(19)11-6-9-5-10(11)12(18)16-9/h3,8-11H,1,4-7H2,2H3,(H,16,18)(H,17,19). The number of nitrogens with one attached hydrogen (secondary N) is 2. The highest BCUT2D eigenvalue weighted by Crippen LogP contribution is 2.46. The summed E-state index contributed by atoms with van der Waals surface area (Å²) in [7, 11) is 0. The van der Waals surface area contributed by atoms with E-state index in [-0.39, 0.29) is 42.2 Å². The molecule has 2 N–H and O–H groups in total. The smallest absolute Gasteiger partial charge is 0.332 e. The first-order valence-electron chi connectivity index (χ1n) is 7.44. The van der Waals surface area contributed by atoms with E-state index < -0.39 is 11.5 Å². The van der Waals surface area contributed by atoms with Gasteiger partial charge >= 0.3 is 5.97 Å². The van der Waals surface area contributed by atoms with Crippen LogP contribution >= 0.6 is 0 Å². The first kappa shape index (κ1) is 14.1. The molecule has 0 spiro atoms. The van der Waals surface area contributed by atoms with E-state index in [0.29, 0.717) is 19.3 Å². The maximum Gasteiger partial charge on any atom is 0.332 e. The molecular weight excluding hydrogens is 272 g/mol. The number of hydrogen-bond acceptors (Lipinski definition) is 4. The minimum atomic E-state index is -0.965. The molecule has 3 aliphatic rings. The van der Waals surface area contributed by atoms with Gasteiger partial charge in [-0.2, -0.15) is 0 Å². The first-order chi connectivity index (χ1) is 10.0. The Bertz CT molecular complexity index is 518. The van der Waals surface area contributed by atoms with Gasteiger partial charge in [-0.05, 0) is 26.2 Å². The first-order valence-corrected chi connectivity index (χ1v) is 7.44. The van der Waals surface area contributed by atoms with Crippen LogP contribution < -0.4 is 10.6 Å².